The Morgan fingerprint density at radius 3 is 2.68 bits per heavy atom. The molecule has 0 bridgehead atoms. The van der Waals surface area contributed by atoms with E-state index in [1.54, 1.807) is 28.0 Å². The Bertz CT molecular complexity index is 1530. The van der Waals surface area contributed by atoms with Gasteiger partial charge >= 0.3 is 0 Å². The highest BCUT2D eigenvalue weighted by atomic mass is 35.5. The van der Waals surface area contributed by atoms with Gasteiger partial charge in [-0.1, -0.05) is 35.5 Å². The predicted molar refractivity (Wildman–Crippen MR) is 156 cm³/mol. The van der Waals surface area contributed by atoms with Crippen molar-refractivity contribution in [2.75, 3.05) is 24.2 Å². The molecule has 0 saturated carbocycles. The minimum Gasteiger partial charge on any atom is -0.494 e. The summed E-state index contributed by atoms with van der Waals surface area (Å²) in [4.78, 5) is 36.1. The van der Waals surface area contributed by atoms with Crippen molar-refractivity contribution in [3.63, 3.8) is 0 Å². The van der Waals surface area contributed by atoms with Crippen LogP contribution in [0, 0.1) is 0 Å². The van der Waals surface area contributed by atoms with Crippen LogP contribution in [-0.2, 0) is 17.8 Å². The van der Waals surface area contributed by atoms with Crippen LogP contribution in [0.3, 0.4) is 0 Å². The molecular formula is C28H29ClN4O3S2. The first-order valence-electron chi connectivity index (χ1n) is 12.6. The summed E-state index contributed by atoms with van der Waals surface area (Å²) in [6.45, 7) is 8.61. The molecule has 0 radical (unpaired) electrons. The van der Waals surface area contributed by atoms with Crippen LogP contribution in [0.2, 0.25) is 5.02 Å². The van der Waals surface area contributed by atoms with Crippen LogP contribution in [-0.4, -0.2) is 45.3 Å². The highest BCUT2D eigenvalue weighted by Crippen LogP contribution is 2.35. The molecule has 0 saturated heterocycles. The van der Waals surface area contributed by atoms with Crippen LogP contribution in [0.1, 0.15) is 31.2 Å². The second kappa shape index (κ2) is 11.5. The fourth-order valence-electron chi connectivity index (χ4n) is 4.55. The molecule has 198 valence electrons. The summed E-state index contributed by atoms with van der Waals surface area (Å²) in [7, 11) is 0. The van der Waals surface area contributed by atoms with Gasteiger partial charge in [0.15, 0.2) is 5.16 Å². The highest BCUT2D eigenvalue weighted by Gasteiger charge is 2.27. The number of carbonyl (C=O) groups excluding carboxylic acids is 1. The molecule has 1 aliphatic heterocycles. The second-order valence-corrected chi connectivity index (χ2v) is 11.7. The van der Waals surface area contributed by atoms with Gasteiger partial charge in [0, 0.05) is 24.0 Å². The van der Waals surface area contributed by atoms with E-state index >= 15 is 0 Å². The van der Waals surface area contributed by atoms with Crippen molar-refractivity contribution >= 4 is 56.5 Å². The number of thiophene rings is 1. The van der Waals surface area contributed by atoms with Crippen molar-refractivity contribution in [1.29, 1.82) is 0 Å². The van der Waals surface area contributed by atoms with Crippen LogP contribution in [0.25, 0.3) is 15.9 Å². The van der Waals surface area contributed by atoms with Crippen LogP contribution in [0.15, 0.2) is 58.5 Å². The van der Waals surface area contributed by atoms with E-state index in [2.05, 4.69) is 24.1 Å². The van der Waals surface area contributed by atoms with E-state index in [1.165, 1.54) is 16.6 Å². The van der Waals surface area contributed by atoms with Crippen LogP contribution < -0.4 is 15.6 Å². The SMILES string of the molecule is CCOc1ccc(-n2c(SCC(=O)Nc3ccccc3Cl)nc3sc4c(c3c2=O)CCN(C(C)C)C4)cc1. The van der Waals surface area contributed by atoms with E-state index in [1.807, 2.05) is 43.3 Å². The Morgan fingerprint density at radius 2 is 1.97 bits per heavy atom. The number of nitrogens with zero attached hydrogens (tertiary/aromatic N) is 3. The van der Waals surface area contributed by atoms with Gasteiger partial charge < -0.3 is 10.1 Å². The third-order valence-corrected chi connectivity index (χ3v) is 8.87. The maximum Gasteiger partial charge on any atom is 0.267 e. The summed E-state index contributed by atoms with van der Waals surface area (Å²) in [6.07, 6.45) is 0.820. The largest absolute Gasteiger partial charge is 0.494 e. The van der Waals surface area contributed by atoms with Gasteiger partial charge in [-0.3, -0.25) is 19.1 Å². The average Bonchev–Trinajstić information content (AvgIpc) is 3.27. The van der Waals surface area contributed by atoms with Crippen molar-refractivity contribution in [2.24, 2.45) is 0 Å². The number of nitrogens with one attached hydrogen (secondary N) is 1. The number of hydrogen-bond acceptors (Lipinski definition) is 7. The van der Waals surface area contributed by atoms with E-state index in [-0.39, 0.29) is 17.2 Å². The first kappa shape index (κ1) is 26.7. The van der Waals surface area contributed by atoms with Crippen LogP contribution in [0.4, 0.5) is 5.69 Å². The number of rotatable bonds is 8. The quantitative estimate of drug-likeness (QED) is 0.208. The van der Waals surface area contributed by atoms with E-state index in [9.17, 15) is 9.59 Å². The van der Waals surface area contributed by atoms with Gasteiger partial charge in [-0.2, -0.15) is 0 Å². The number of para-hydroxylation sites is 1. The lowest BCUT2D eigenvalue weighted by Gasteiger charge is -2.30. The number of anilines is 1. The Labute approximate surface area is 234 Å². The number of halogens is 1. The van der Waals surface area contributed by atoms with E-state index < -0.39 is 0 Å². The van der Waals surface area contributed by atoms with Gasteiger partial charge in [-0.15, -0.1) is 11.3 Å². The zero-order valence-electron chi connectivity index (χ0n) is 21.5. The molecule has 1 aliphatic rings. The summed E-state index contributed by atoms with van der Waals surface area (Å²) >= 11 is 9.02. The topological polar surface area (TPSA) is 76.5 Å². The predicted octanol–water partition coefficient (Wildman–Crippen LogP) is 6.00. The molecule has 1 amide bonds. The zero-order valence-corrected chi connectivity index (χ0v) is 23.9. The molecule has 38 heavy (non-hydrogen) atoms. The maximum absolute atomic E-state index is 14.0. The van der Waals surface area contributed by atoms with E-state index in [4.69, 9.17) is 21.3 Å². The van der Waals surface area contributed by atoms with Gasteiger partial charge in [0.05, 0.1) is 34.1 Å². The molecule has 10 heteroatoms. The summed E-state index contributed by atoms with van der Waals surface area (Å²) in [5.41, 5.74) is 2.23. The first-order chi connectivity index (χ1) is 18.4. The summed E-state index contributed by atoms with van der Waals surface area (Å²) in [6, 6.07) is 14.9. The molecule has 3 heterocycles. The Kier molecular flexibility index (Phi) is 8.09. The van der Waals surface area contributed by atoms with Gasteiger partial charge in [0.1, 0.15) is 10.6 Å². The van der Waals surface area contributed by atoms with E-state index in [0.717, 1.165) is 35.7 Å². The van der Waals surface area contributed by atoms with Gasteiger partial charge in [-0.25, -0.2) is 4.98 Å². The number of fused-ring (bicyclic) bond motifs is 3. The summed E-state index contributed by atoms with van der Waals surface area (Å²) < 4.78 is 7.21. The minimum absolute atomic E-state index is 0.0758. The van der Waals surface area contributed by atoms with Crippen LogP contribution in [0.5, 0.6) is 5.75 Å². The summed E-state index contributed by atoms with van der Waals surface area (Å²) in [5.74, 6) is 0.578. The molecule has 0 aliphatic carbocycles. The fraction of sp³-hybridized carbons (Fsp3) is 0.321. The van der Waals surface area contributed by atoms with Crippen molar-refractivity contribution in [3.8, 4) is 11.4 Å². The van der Waals surface area contributed by atoms with Gasteiger partial charge in [0.2, 0.25) is 5.91 Å². The molecule has 5 rings (SSSR count). The first-order valence-corrected chi connectivity index (χ1v) is 14.8. The average molecular weight is 569 g/mol. The monoisotopic (exact) mass is 568 g/mol. The number of benzene rings is 2. The molecule has 2 aromatic carbocycles. The Hall–Kier alpha value is -2.85. The fourth-order valence-corrected chi connectivity index (χ4v) is 6.83. The number of amides is 1. The molecule has 1 N–H and O–H groups in total. The standard InChI is InChI=1S/C28H29ClN4O3S2/c1-4-36-19-11-9-18(10-12-19)33-27(35)25-20-13-14-32(17(2)3)15-23(20)38-26(25)31-28(33)37-16-24(34)30-22-8-6-5-7-21(22)29/h5-12,17H,4,13-16H2,1-3H3,(H,30,34). The molecule has 2 aromatic heterocycles. The van der Waals surface area contributed by atoms with E-state index in [0.29, 0.717) is 39.6 Å². The van der Waals surface area contributed by atoms with Crippen molar-refractivity contribution in [2.45, 2.75) is 44.9 Å². The van der Waals surface area contributed by atoms with Crippen molar-refractivity contribution in [1.82, 2.24) is 14.5 Å². The normalized spacial score (nSPS) is 13.6. The molecule has 0 unspecified atom stereocenters. The molecular weight excluding hydrogens is 540 g/mol. The zero-order chi connectivity index (χ0) is 26.8. The second-order valence-electron chi connectivity index (χ2n) is 9.28. The lowest BCUT2D eigenvalue weighted by Crippen LogP contribution is -2.35. The number of ether oxygens (including phenoxy) is 1. The Morgan fingerprint density at radius 1 is 1.21 bits per heavy atom. The number of carbonyl (C=O) groups is 1. The lowest BCUT2D eigenvalue weighted by molar-refractivity contribution is -0.113. The molecule has 4 aromatic rings. The highest BCUT2D eigenvalue weighted by molar-refractivity contribution is 7.99. The van der Waals surface area contributed by atoms with Crippen LogP contribution >= 0.6 is 34.7 Å². The molecule has 0 atom stereocenters. The Balaban J connectivity index is 1.53. The number of aromatic nitrogens is 2. The third-order valence-electron chi connectivity index (χ3n) is 6.49. The number of thioether (sulfide) groups is 1. The molecule has 0 fully saturated rings. The molecule has 0 spiro atoms. The van der Waals surface area contributed by atoms with Gasteiger partial charge in [0.25, 0.3) is 5.56 Å². The van der Waals surface area contributed by atoms with Crippen molar-refractivity contribution < 1.29 is 9.53 Å². The van der Waals surface area contributed by atoms with Crippen molar-refractivity contribution in [3.05, 3.63) is 74.3 Å². The third kappa shape index (κ3) is 5.47. The number of hydrogen-bond donors (Lipinski definition) is 1. The smallest absolute Gasteiger partial charge is 0.267 e. The lowest BCUT2D eigenvalue weighted by atomic mass is 10.0. The minimum atomic E-state index is -0.228. The summed E-state index contributed by atoms with van der Waals surface area (Å²) in [5, 5.41) is 4.47. The molecule has 7 nitrogen and oxygen atoms in total. The van der Waals surface area contributed by atoms with Gasteiger partial charge in [-0.05, 0) is 69.2 Å². The maximum atomic E-state index is 14.0.